The molecule has 2 N–H and O–H groups in total. The van der Waals surface area contributed by atoms with Crippen molar-refractivity contribution < 1.29 is 9.13 Å². The number of benzene rings is 1. The SMILES string of the molecule is CNc1cc(N(C)CCCN(C)C)c(F)cc1/N=C/c1nn(C2CCCCO2)cc1NC. The molecule has 1 aliphatic heterocycles. The van der Waals surface area contributed by atoms with Gasteiger partial charge in [-0.1, -0.05) is 0 Å². The third kappa shape index (κ3) is 5.98. The second-order valence-electron chi connectivity index (χ2n) is 8.39. The van der Waals surface area contributed by atoms with E-state index in [1.807, 2.05) is 57.1 Å². The highest BCUT2D eigenvalue weighted by atomic mass is 19.1. The van der Waals surface area contributed by atoms with Crippen LogP contribution in [-0.2, 0) is 4.74 Å². The Kier molecular flexibility index (Phi) is 8.46. The van der Waals surface area contributed by atoms with E-state index in [4.69, 9.17) is 4.74 Å². The van der Waals surface area contributed by atoms with Gasteiger partial charge in [0.15, 0.2) is 0 Å². The second-order valence-corrected chi connectivity index (χ2v) is 8.39. The first-order valence-corrected chi connectivity index (χ1v) is 11.2. The molecular weight excluding hydrogens is 409 g/mol. The number of ether oxygens (including phenoxy) is 1. The molecule has 3 rings (SSSR count). The molecule has 1 aromatic heterocycles. The smallest absolute Gasteiger partial charge is 0.150 e. The normalized spacial score (nSPS) is 16.7. The largest absolute Gasteiger partial charge is 0.386 e. The monoisotopic (exact) mass is 445 g/mol. The van der Waals surface area contributed by atoms with E-state index in [0.29, 0.717) is 17.1 Å². The lowest BCUT2D eigenvalue weighted by Gasteiger charge is -2.22. The van der Waals surface area contributed by atoms with Crippen LogP contribution in [0.25, 0.3) is 0 Å². The van der Waals surface area contributed by atoms with Crippen LogP contribution in [0.15, 0.2) is 23.3 Å². The second kappa shape index (κ2) is 11.3. The number of nitrogens with one attached hydrogen (secondary N) is 2. The summed E-state index contributed by atoms with van der Waals surface area (Å²) >= 11 is 0. The van der Waals surface area contributed by atoms with Gasteiger partial charge < -0.3 is 25.2 Å². The Balaban J connectivity index is 1.79. The van der Waals surface area contributed by atoms with E-state index in [9.17, 15) is 4.39 Å². The molecule has 2 heterocycles. The molecular formula is C23H36FN7O. The summed E-state index contributed by atoms with van der Waals surface area (Å²) in [6.45, 7) is 2.48. The van der Waals surface area contributed by atoms with Crippen molar-refractivity contribution in [2.75, 3.05) is 70.5 Å². The predicted molar refractivity (Wildman–Crippen MR) is 130 cm³/mol. The van der Waals surface area contributed by atoms with Crippen LogP contribution in [0.5, 0.6) is 0 Å². The summed E-state index contributed by atoms with van der Waals surface area (Å²) < 4.78 is 22.6. The average Bonchev–Trinajstić information content (AvgIpc) is 3.21. The molecule has 0 aliphatic carbocycles. The lowest BCUT2D eigenvalue weighted by atomic mass is 10.2. The summed E-state index contributed by atoms with van der Waals surface area (Å²) in [7, 11) is 9.65. The molecule has 2 aromatic rings. The third-order valence-corrected chi connectivity index (χ3v) is 5.65. The molecule has 1 aliphatic rings. The Bertz CT molecular complexity index is 906. The average molecular weight is 446 g/mol. The molecule has 1 aromatic carbocycles. The molecule has 0 radical (unpaired) electrons. The van der Waals surface area contributed by atoms with E-state index in [2.05, 4.69) is 25.6 Å². The summed E-state index contributed by atoms with van der Waals surface area (Å²) in [5.41, 5.74) is 3.39. The molecule has 0 bridgehead atoms. The highest BCUT2D eigenvalue weighted by Crippen LogP contribution is 2.33. The van der Waals surface area contributed by atoms with Crippen LogP contribution in [0.3, 0.4) is 0 Å². The van der Waals surface area contributed by atoms with Gasteiger partial charge in [0, 0.05) is 40.4 Å². The van der Waals surface area contributed by atoms with E-state index >= 15 is 0 Å². The van der Waals surface area contributed by atoms with Gasteiger partial charge in [-0.3, -0.25) is 4.99 Å². The van der Waals surface area contributed by atoms with Crippen LogP contribution < -0.4 is 15.5 Å². The summed E-state index contributed by atoms with van der Waals surface area (Å²) in [5, 5.41) is 10.9. The van der Waals surface area contributed by atoms with Gasteiger partial charge >= 0.3 is 0 Å². The molecule has 0 amide bonds. The summed E-state index contributed by atoms with van der Waals surface area (Å²) in [6, 6.07) is 3.28. The number of hydrogen-bond acceptors (Lipinski definition) is 7. The molecule has 1 atom stereocenters. The van der Waals surface area contributed by atoms with Crippen molar-refractivity contribution in [2.45, 2.75) is 31.9 Å². The van der Waals surface area contributed by atoms with Gasteiger partial charge in [0.25, 0.3) is 0 Å². The topological polar surface area (TPSA) is 70.0 Å². The Morgan fingerprint density at radius 1 is 1.19 bits per heavy atom. The zero-order valence-corrected chi connectivity index (χ0v) is 19.9. The van der Waals surface area contributed by atoms with Gasteiger partial charge in [-0.15, -0.1) is 0 Å². The molecule has 1 fully saturated rings. The number of aromatic nitrogens is 2. The van der Waals surface area contributed by atoms with Crippen LogP contribution in [0.1, 0.15) is 37.6 Å². The minimum Gasteiger partial charge on any atom is -0.386 e. The number of rotatable bonds is 10. The predicted octanol–water partition coefficient (Wildman–Crippen LogP) is 3.94. The van der Waals surface area contributed by atoms with Crippen LogP contribution in [-0.4, -0.2) is 75.8 Å². The van der Waals surface area contributed by atoms with Gasteiger partial charge in [0.2, 0.25) is 0 Å². The van der Waals surface area contributed by atoms with E-state index < -0.39 is 0 Å². The molecule has 0 spiro atoms. The number of nitrogens with zero attached hydrogens (tertiary/aromatic N) is 5. The molecule has 0 saturated carbocycles. The van der Waals surface area contributed by atoms with E-state index in [1.54, 1.807) is 6.21 Å². The number of anilines is 3. The Morgan fingerprint density at radius 2 is 1.97 bits per heavy atom. The van der Waals surface area contributed by atoms with Crippen molar-refractivity contribution in [1.82, 2.24) is 14.7 Å². The van der Waals surface area contributed by atoms with Crippen LogP contribution >= 0.6 is 0 Å². The summed E-state index contributed by atoms with van der Waals surface area (Å²) in [6.07, 6.45) is 7.67. The molecule has 1 unspecified atom stereocenters. The van der Waals surface area contributed by atoms with E-state index in [0.717, 1.165) is 56.8 Å². The zero-order chi connectivity index (χ0) is 23.1. The molecule has 9 heteroatoms. The number of hydrogen-bond donors (Lipinski definition) is 2. The Morgan fingerprint density at radius 3 is 2.62 bits per heavy atom. The van der Waals surface area contributed by atoms with Crippen molar-refractivity contribution >= 4 is 29.0 Å². The van der Waals surface area contributed by atoms with Crippen molar-refractivity contribution in [1.29, 1.82) is 0 Å². The minimum absolute atomic E-state index is 0.0503. The number of halogens is 1. The van der Waals surface area contributed by atoms with Gasteiger partial charge in [-0.25, -0.2) is 9.07 Å². The van der Waals surface area contributed by atoms with Crippen LogP contribution in [0.4, 0.5) is 27.1 Å². The minimum atomic E-state index is -0.293. The van der Waals surface area contributed by atoms with Gasteiger partial charge in [0.05, 0.1) is 35.2 Å². The lowest BCUT2D eigenvalue weighted by Crippen LogP contribution is -2.24. The molecule has 176 valence electrons. The third-order valence-electron chi connectivity index (χ3n) is 5.65. The van der Waals surface area contributed by atoms with Crippen molar-refractivity contribution in [3.8, 4) is 0 Å². The molecule has 8 nitrogen and oxygen atoms in total. The van der Waals surface area contributed by atoms with E-state index in [-0.39, 0.29) is 12.0 Å². The van der Waals surface area contributed by atoms with Crippen molar-refractivity contribution in [2.24, 2.45) is 4.99 Å². The first-order chi connectivity index (χ1) is 15.4. The van der Waals surface area contributed by atoms with E-state index in [1.165, 1.54) is 6.07 Å². The molecule has 1 saturated heterocycles. The fourth-order valence-electron chi connectivity index (χ4n) is 3.80. The summed E-state index contributed by atoms with van der Waals surface area (Å²) in [5.74, 6) is -0.293. The zero-order valence-electron chi connectivity index (χ0n) is 19.9. The van der Waals surface area contributed by atoms with Crippen molar-refractivity contribution in [3.05, 3.63) is 29.8 Å². The first-order valence-electron chi connectivity index (χ1n) is 11.2. The Labute approximate surface area is 190 Å². The maximum atomic E-state index is 14.9. The maximum absolute atomic E-state index is 14.9. The summed E-state index contributed by atoms with van der Waals surface area (Å²) in [4.78, 5) is 8.62. The highest BCUT2D eigenvalue weighted by Gasteiger charge is 2.19. The lowest BCUT2D eigenvalue weighted by molar-refractivity contribution is -0.0394. The van der Waals surface area contributed by atoms with Crippen LogP contribution in [0.2, 0.25) is 0 Å². The van der Waals surface area contributed by atoms with Gasteiger partial charge in [-0.05, 0) is 52.4 Å². The Hall–Kier alpha value is -2.65. The first kappa shape index (κ1) is 24.0. The van der Waals surface area contributed by atoms with Gasteiger partial charge in [0.1, 0.15) is 17.7 Å². The molecule has 32 heavy (non-hydrogen) atoms. The maximum Gasteiger partial charge on any atom is 0.150 e. The fourth-order valence-corrected chi connectivity index (χ4v) is 3.80. The quantitative estimate of drug-likeness (QED) is 0.540. The van der Waals surface area contributed by atoms with Gasteiger partial charge in [-0.2, -0.15) is 5.10 Å². The van der Waals surface area contributed by atoms with Crippen molar-refractivity contribution in [3.63, 3.8) is 0 Å². The van der Waals surface area contributed by atoms with Crippen LogP contribution in [0, 0.1) is 5.82 Å². The number of aliphatic imine (C=N–C) groups is 1. The fraction of sp³-hybridized carbons (Fsp3) is 0.565. The highest BCUT2D eigenvalue weighted by molar-refractivity contribution is 5.88. The standard InChI is InChI=1S/C23H36FN7O/c1-25-18-14-22(30(5)11-8-10-29(3)4)17(24)13-19(18)27-15-20-21(26-2)16-31(28-20)23-9-6-7-12-32-23/h13-16,23,25-26H,6-12H2,1-5H3/b27-15+.